The molecule has 5 heteroatoms. The molecule has 0 aliphatic rings. The average Bonchev–Trinajstić information content (AvgIpc) is 2.33. The Labute approximate surface area is 103 Å². The number of aromatic nitrogens is 2. The number of nitrogens with zero attached hydrogens (tertiary/aromatic N) is 2. The van der Waals surface area contributed by atoms with E-state index in [0.717, 1.165) is 5.56 Å². The molecule has 0 aliphatic heterocycles. The van der Waals surface area contributed by atoms with E-state index in [2.05, 4.69) is 9.97 Å². The molecule has 0 radical (unpaired) electrons. The van der Waals surface area contributed by atoms with Crippen LogP contribution < -0.4 is 5.73 Å². The molecule has 0 saturated carbocycles. The fourth-order valence-electron chi connectivity index (χ4n) is 1.51. The van der Waals surface area contributed by atoms with Gasteiger partial charge in [0.2, 0.25) is 0 Å². The predicted octanol–water partition coefficient (Wildman–Crippen LogP) is 2.64. The molecular formula is C12H11ClFN3. The minimum Gasteiger partial charge on any atom is -0.381 e. The van der Waals surface area contributed by atoms with Gasteiger partial charge in [0, 0.05) is 5.02 Å². The van der Waals surface area contributed by atoms with Crippen molar-refractivity contribution in [1.82, 2.24) is 9.97 Å². The Morgan fingerprint density at radius 3 is 2.53 bits per heavy atom. The summed E-state index contributed by atoms with van der Waals surface area (Å²) in [6, 6.07) is 7.43. The van der Waals surface area contributed by atoms with E-state index >= 15 is 0 Å². The molecule has 0 amide bonds. The number of anilines is 1. The van der Waals surface area contributed by atoms with Crippen LogP contribution in [-0.4, -0.2) is 9.97 Å². The van der Waals surface area contributed by atoms with Gasteiger partial charge < -0.3 is 5.73 Å². The van der Waals surface area contributed by atoms with Crippen molar-refractivity contribution < 1.29 is 4.39 Å². The number of nitrogens with two attached hydrogens (primary N) is 1. The van der Waals surface area contributed by atoms with E-state index < -0.39 is 5.82 Å². The van der Waals surface area contributed by atoms with E-state index in [9.17, 15) is 4.39 Å². The lowest BCUT2D eigenvalue weighted by atomic mass is 10.1. The lowest BCUT2D eigenvalue weighted by molar-refractivity contribution is 0.595. The van der Waals surface area contributed by atoms with Gasteiger partial charge in [0.05, 0.1) is 5.69 Å². The van der Waals surface area contributed by atoms with Crippen molar-refractivity contribution in [3.8, 4) is 0 Å². The van der Waals surface area contributed by atoms with E-state index in [4.69, 9.17) is 17.3 Å². The zero-order valence-corrected chi connectivity index (χ0v) is 9.78. The van der Waals surface area contributed by atoms with Gasteiger partial charge in [0.25, 0.3) is 0 Å². The standard InChI is InChI=1S/C12H11ClFN3/c13-9-4-1-8(2-5-9)3-6-10-11(14)12(15)17-7-16-10/h1-2,4-5,7H,3,6H2,(H2,15,16,17). The first-order valence-corrected chi connectivity index (χ1v) is 5.54. The second-order valence-corrected chi connectivity index (χ2v) is 4.08. The molecule has 2 N–H and O–H groups in total. The fourth-order valence-corrected chi connectivity index (χ4v) is 1.64. The predicted molar refractivity (Wildman–Crippen MR) is 65.3 cm³/mol. The lowest BCUT2D eigenvalue weighted by Gasteiger charge is -2.04. The molecule has 0 atom stereocenters. The van der Waals surface area contributed by atoms with Crippen LogP contribution in [0.4, 0.5) is 10.2 Å². The van der Waals surface area contributed by atoms with Crippen LogP contribution in [0.3, 0.4) is 0 Å². The Bertz CT molecular complexity index is 514. The highest BCUT2D eigenvalue weighted by atomic mass is 35.5. The van der Waals surface area contributed by atoms with Gasteiger partial charge in [-0.15, -0.1) is 0 Å². The largest absolute Gasteiger partial charge is 0.381 e. The molecule has 2 rings (SSSR count). The summed E-state index contributed by atoms with van der Waals surface area (Å²) in [5.74, 6) is -0.632. The summed E-state index contributed by atoms with van der Waals surface area (Å²) in [6.45, 7) is 0. The maximum atomic E-state index is 13.5. The van der Waals surface area contributed by atoms with Crippen LogP contribution in [0.1, 0.15) is 11.3 Å². The van der Waals surface area contributed by atoms with E-state index in [1.54, 1.807) is 0 Å². The smallest absolute Gasteiger partial charge is 0.186 e. The third kappa shape index (κ3) is 2.91. The Kier molecular flexibility index (Phi) is 3.54. The quantitative estimate of drug-likeness (QED) is 0.912. The van der Waals surface area contributed by atoms with Crippen LogP contribution >= 0.6 is 11.6 Å². The summed E-state index contributed by atoms with van der Waals surface area (Å²) in [5.41, 5.74) is 6.78. The second kappa shape index (κ2) is 5.10. The highest BCUT2D eigenvalue weighted by molar-refractivity contribution is 6.30. The van der Waals surface area contributed by atoms with Crippen molar-refractivity contribution in [2.45, 2.75) is 12.8 Å². The van der Waals surface area contributed by atoms with E-state index in [1.165, 1.54) is 6.33 Å². The average molecular weight is 252 g/mol. The van der Waals surface area contributed by atoms with E-state index in [-0.39, 0.29) is 5.82 Å². The topological polar surface area (TPSA) is 51.8 Å². The van der Waals surface area contributed by atoms with Crippen molar-refractivity contribution in [2.24, 2.45) is 0 Å². The van der Waals surface area contributed by atoms with Crippen molar-refractivity contribution >= 4 is 17.4 Å². The van der Waals surface area contributed by atoms with Crippen LogP contribution in [0.5, 0.6) is 0 Å². The molecule has 0 bridgehead atoms. The van der Waals surface area contributed by atoms with Crippen molar-refractivity contribution in [1.29, 1.82) is 0 Å². The molecule has 1 aromatic carbocycles. The van der Waals surface area contributed by atoms with Crippen LogP contribution in [0, 0.1) is 5.82 Å². The molecule has 0 spiro atoms. The molecule has 1 aromatic heterocycles. The van der Waals surface area contributed by atoms with Gasteiger partial charge in [-0.25, -0.2) is 14.4 Å². The van der Waals surface area contributed by atoms with Gasteiger partial charge in [0.1, 0.15) is 6.33 Å². The van der Waals surface area contributed by atoms with Gasteiger partial charge in [-0.05, 0) is 30.5 Å². The third-order valence-electron chi connectivity index (χ3n) is 2.45. The fraction of sp³-hybridized carbons (Fsp3) is 0.167. The minimum absolute atomic E-state index is 0.105. The number of aryl methyl sites for hydroxylation is 2. The summed E-state index contributed by atoms with van der Waals surface area (Å²) < 4.78 is 13.5. The molecule has 88 valence electrons. The molecule has 1 heterocycles. The lowest BCUT2D eigenvalue weighted by Crippen LogP contribution is -2.04. The highest BCUT2D eigenvalue weighted by Gasteiger charge is 2.08. The molecule has 0 aliphatic carbocycles. The van der Waals surface area contributed by atoms with Gasteiger partial charge in [-0.2, -0.15) is 0 Å². The van der Waals surface area contributed by atoms with Crippen molar-refractivity contribution in [3.63, 3.8) is 0 Å². The van der Waals surface area contributed by atoms with Gasteiger partial charge in [-0.1, -0.05) is 23.7 Å². The number of hydrogen-bond donors (Lipinski definition) is 1. The Morgan fingerprint density at radius 1 is 1.12 bits per heavy atom. The first kappa shape index (κ1) is 11.8. The van der Waals surface area contributed by atoms with Crippen LogP contribution in [0.25, 0.3) is 0 Å². The first-order valence-electron chi connectivity index (χ1n) is 5.16. The van der Waals surface area contributed by atoms with Crippen molar-refractivity contribution in [3.05, 3.63) is 52.7 Å². The van der Waals surface area contributed by atoms with Gasteiger partial charge in [-0.3, -0.25) is 0 Å². The SMILES string of the molecule is Nc1ncnc(CCc2ccc(Cl)cc2)c1F. The first-order chi connectivity index (χ1) is 8.16. The molecule has 0 saturated heterocycles. The number of nitrogen functional groups attached to an aromatic ring is 1. The summed E-state index contributed by atoms with van der Waals surface area (Å²) >= 11 is 5.78. The number of halogens is 2. The minimum atomic E-state index is -0.526. The van der Waals surface area contributed by atoms with Crippen molar-refractivity contribution in [2.75, 3.05) is 5.73 Å². The van der Waals surface area contributed by atoms with E-state index in [0.29, 0.717) is 23.6 Å². The molecule has 0 unspecified atom stereocenters. The monoisotopic (exact) mass is 251 g/mol. The molecule has 2 aromatic rings. The zero-order valence-electron chi connectivity index (χ0n) is 9.03. The number of hydrogen-bond acceptors (Lipinski definition) is 3. The van der Waals surface area contributed by atoms with Crippen LogP contribution in [0.15, 0.2) is 30.6 Å². The number of rotatable bonds is 3. The van der Waals surface area contributed by atoms with Crippen LogP contribution in [0.2, 0.25) is 5.02 Å². The van der Waals surface area contributed by atoms with Crippen LogP contribution in [-0.2, 0) is 12.8 Å². The Hall–Kier alpha value is -1.68. The highest BCUT2D eigenvalue weighted by Crippen LogP contribution is 2.14. The van der Waals surface area contributed by atoms with E-state index in [1.807, 2.05) is 24.3 Å². The van der Waals surface area contributed by atoms with Gasteiger partial charge in [0.15, 0.2) is 11.6 Å². The normalized spacial score (nSPS) is 10.5. The molecular weight excluding hydrogens is 241 g/mol. The maximum Gasteiger partial charge on any atom is 0.186 e. The summed E-state index contributed by atoms with van der Waals surface area (Å²) in [5, 5.41) is 0.686. The molecule has 0 fully saturated rings. The summed E-state index contributed by atoms with van der Waals surface area (Å²) in [6.07, 6.45) is 2.44. The molecule has 3 nitrogen and oxygen atoms in total. The third-order valence-corrected chi connectivity index (χ3v) is 2.70. The zero-order chi connectivity index (χ0) is 12.3. The maximum absolute atomic E-state index is 13.5. The summed E-state index contributed by atoms with van der Waals surface area (Å²) in [7, 11) is 0. The second-order valence-electron chi connectivity index (χ2n) is 3.65. The Morgan fingerprint density at radius 2 is 1.82 bits per heavy atom. The van der Waals surface area contributed by atoms with Gasteiger partial charge >= 0.3 is 0 Å². The number of benzene rings is 1. The Balaban J connectivity index is 2.07. The summed E-state index contributed by atoms with van der Waals surface area (Å²) in [4.78, 5) is 7.46. The molecule has 17 heavy (non-hydrogen) atoms.